The molecular formula is C15H19N3S. The maximum Gasteiger partial charge on any atom is 0.0422 e. The van der Waals surface area contributed by atoms with Crippen molar-refractivity contribution in [2.45, 2.75) is 12.5 Å². The first-order valence-electron chi connectivity index (χ1n) is 6.80. The van der Waals surface area contributed by atoms with Gasteiger partial charge in [0.05, 0.1) is 0 Å². The normalized spacial score (nSPS) is 18.3. The van der Waals surface area contributed by atoms with Gasteiger partial charge in [0.1, 0.15) is 0 Å². The molecule has 1 atom stereocenters. The molecule has 2 aromatic heterocycles. The Morgan fingerprint density at radius 3 is 2.84 bits per heavy atom. The van der Waals surface area contributed by atoms with Crippen LogP contribution in [0.5, 0.6) is 0 Å². The second kappa shape index (κ2) is 6.28. The Bertz CT molecular complexity index is 477. The number of pyridine rings is 1. The Balaban J connectivity index is 1.80. The topological polar surface area (TPSA) is 28.2 Å². The summed E-state index contributed by atoms with van der Waals surface area (Å²) in [6, 6.07) is 8.89. The quantitative estimate of drug-likeness (QED) is 0.927. The number of hydrogen-bond acceptors (Lipinski definition) is 4. The fraction of sp³-hybridized carbons (Fsp3) is 0.400. The van der Waals surface area contributed by atoms with Crippen LogP contribution in [-0.2, 0) is 6.42 Å². The first kappa shape index (κ1) is 12.8. The van der Waals surface area contributed by atoms with Gasteiger partial charge in [0.25, 0.3) is 0 Å². The second-order valence-electron chi connectivity index (χ2n) is 4.88. The van der Waals surface area contributed by atoms with Gasteiger partial charge < -0.3 is 5.32 Å². The molecule has 1 unspecified atom stereocenters. The Kier molecular flexibility index (Phi) is 4.23. The SMILES string of the molecule is c1ccc(CC(c2ccsc2)N2CCNCC2)nc1. The van der Waals surface area contributed by atoms with Gasteiger partial charge in [0.15, 0.2) is 0 Å². The van der Waals surface area contributed by atoms with Crippen molar-refractivity contribution in [1.82, 2.24) is 15.2 Å². The zero-order valence-electron chi connectivity index (χ0n) is 11.0. The summed E-state index contributed by atoms with van der Waals surface area (Å²) in [5, 5.41) is 7.87. The Labute approximate surface area is 118 Å². The van der Waals surface area contributed by atoms with Gasteiger partial charge in [-0.25, -0.2) is 0 Å². The van der Waals surface area contributed by atoms with E-state index in [1.165, 1.54) is 11.3 Å². The van der Waals surface area contributed by atoms with Gasteiger partial charge >= 0.3 is 0 Å². The molecule has 0 saturated carbocycles. The number of nitrogens with zero attached hydrogens (tertiary/aromatic N) is 2. The molecule has 1 aliphatic rings. The lowest BCUT2D eigenvalue weighted by atomic mass is 10.0. The monoisotopic (exact) mass is 273 g/mol. The van der Waals surface area contributed by atoms with E-state index in [4.69, 9.17) is 0 Å². The largest absolute Gasteiger partial charge is 0.314 e. The molecule has 3 rings (SSSR count). The average Bonchev–Trinajstić information content (AvgIpc) is 3.01. The van der Waals surface area contributed by atoms with Crippen molar-refractivity contribution < 1.29 is 0 Å². The van der Waals surface area contributed by atoms with E-state index in [9.17, 15) is 0 Å². The van der Waals surface area contributed by atoms with Crippen LogP contribution in [0, 0.1) is 0 Å². The first-order valence-corrected chi connectivity index (χ1v) is 7.74. The molecule has 3 heterocycles. The molecule has 0 amide bonds. The zero-order chi connectivity index (χ0) is 12.9. The summed E-state index contributed by atoms with van der Waals surface area (Å²) in [7, 11) is 0. The van der Waals surface area contributed by atoms with Crippen molar-refractivity contribution in [2.24, 2.45) is 0 Å². The van der Waals surface area contributed by atoms with E-state index in [0.717, 1.165) is 32.6 Å². The van der Waals surface area contributed by atoms with Crippen LogP contribution >= 0.6 is 11.3 Å². The number of nitrogens with one attached hydrogen (secondary N) is 1. The molecule has 2 aromatic rings. The molecule has 0 radical (unpaired) electrons. The van der Waals surface area contributed by atoms with Gasteiger partial charge in [-0.15, -0.1) is 0 Å². The molecular weight excluding hydrogens is 254 g/mol. The van der Waals surface area contributed by atoms with Crippen molar-refractivity contribution in [3.63, 3.8) is 0 Å². The minimum Gasteiger partial charge on any atom is -0.314 e. The highest BCUT2D eigenvalue weighted by molar-refractivity contribution is 7.07. The third-order valence-corrected chi connectivity index (χ3v) is 4.35. The highest BCUT2D eigenvalue weighted by atomic mass is 32.1. The third kappa shape index (κ3) is 3.21. The molecule has 0 bridgehead atoms. The minimum absolute atomic E-state index is 0.461. The van der Waals surface area contributed by atoms with Crippen molar-refractivity contribution in [2.75, 3.05) is 26.2 Å². The Morgan fingerprint density at radius 1 is 1.26 bits per heavy atom. The fourth-order valence-corrected chi connectivity index (χ4v) is 3.34. The van der Waals surface area contributed by atoms with E-state index in [2.05, 4.69) is 44.2 Å². The van der Waals surface area contributed by atoms with Crippen LogP contribution in [0.3, 0.4) is 0 Å². The second-order valence-corrected chi connectivity index (χ2v) is 5.66. The molecule has 1 N–H and O–H groups in total. The van der Waals surface area contributed by atoms with Crippen LogP contribution in [0.25, 0.3) is 0 Å². The summed E-state index contributed by atoms with van der Waals surface area (Å²) in [5.41, 5.74) is 2.61. The van der Waals surface area contributed by atoms with Crippen molar-refractivity contribution in [3.05, 3.63) is 52.5 Å². The Morgan fingerprint density at radius 2 is 2.16 bits per heavy atom. The minimum atomic E-state index is 0.461. The van der Waals surface area contributed by atoms with Gasteiger partial charge in [-0.2, -0.15) is 11.3 Å². The molecule has 3 nitrogen and oxygen atoms in total. The summed E-state index contributed by atoms with van der Waals surface area (Å²) in [4.78, 5) is 7.06. The third-order valence-electron chi connectivity index (χ3n) is 3.65. The lowest BCUT2D eigenvalue weighted by Gasteiger charge is -2.34. The maximum atomic E-state index is 4.48. The maximum absolute atomic E-state index is 4.48. The molecule has 1 aliphatic heterocycles. The summed E-state index contributed by atoms with van der Waals surface area (Å²) in [6.45, 7) is 4.41. The van der Waals surface area contributed by atoms with E-state index in [1.807, 2.05) is 12.3 Å². The highest BCUT2D eigenvalue weighted by Gasteiger charge is 2.23. The molecule has 100 valence electrons. The zero-order valence-corrected chi connectivity index (χ0v) is 11.8. The van der Waals surface area contributed by atoms with E-state index in [0.29, 0.717) is 6.04 Å². The smallest absolute Gasteiger partial charge is 0.0422 e. The molecule has 1 fully saturated rings. The van der Waals surface area contributed by atoms with Gasteiger partial charge in [0.2, 0.25) is 0 Å². The lowest BCUT2D eigenvalue weighted by molar-refractivity contribution is 0.172. The van der Waals surface area contributed by atoms with Gasteiger partial charge in [0, 0.05) is 50.5 Å². The van der Waals surface area contributed by atoms with E-state index in [1.54, 1.807) is 11.3 Å². The van der Waals surface area contributed by atoms with E-state index >= 15 is 0 Å². The van der Waals surface area contributed by atoms with Crippen LogP contribution in [0.4, 0.5) is 0 Å². The molecule has 1 saturated heterocycles. The molecule has 0 aliphatic carbocycles. The van der Waals surface area contributed by atoms with Gasteiger partial charge in [-0.3, -0.25) is 9.88 Å². The van der Waals surface area contributed by atoms with Crippen molar-refractivity contribution in [3.8, 4) is 0 Å². The lowest BCUT2D eigenvalue weighted by Crippen LogP contribution is -2.45. The van der Waals surface area contributed by atoms with Crippen LogP contribution < -0.4 is 5.32 Å². The number of aromatic nitrogens is 1. The average molecular weight is 273 g/mol. The van der Waals surface area contributed by atoms with Crippen molar-refractivity contribution in [1.29, 1.82) is 0 Å². The standard InChI is InChI=1S/C15H19N3S/c1-2-5-17-14(3-1)11-15(13-4-10-19-12-13)18-8-6-16-7-9-18/h1-5,10,12,15-16H,6-9,11H2. The van der Waals surface area contributed by atoms with Gasteiger partial charge in [-0.1, -0.05) is 6.07 Å². The van der Waals surface area contributed by atoms with Crippen LogP contribution in [0.15, 0.2) is 41.2 Å². The predicted octanol–water partition coefficient (Wildman–Crippen LogP) is 2.33. The van der Waals surface area contributed by atoms with E-state index < -0.39 is 0 Å². The summed E-state index contributed by atoms with van der Waals surface area (Å²) in [5.74, 6) is 0. The highest BCUT2D eigenvalue weighted by Crippen LogP contribution is 2.26. The molecule has 0 aromatic carbocycles. The summed E-state index contributed by atoms with van der Waals surface area (Å²) < 4.78 is 0. The Hall–Kier alpha value is -1.23. The molecule has 19 heavy (non-hydrogen) atoms. The fourth-order valence-electron chi connectivity index (χ4n) is 2.63. The number of piperazine rings is 1. The predicted molar refractivity (Wildman–Crippen MR) is 79.4 cm³/mol. The summed E-state index contributed by atoms with van der Waals surface area (Å²) >= 11 is 1.78. The first-order chi connectivity index (χ1) is 9.43. The van der Waals surface area contributed by atoms with Crippen LogP contribution in [0.2, 0.25) is 0 Å². The number of rotatable bonds is 4. The van der Waals surface area contributed by atoms with Crippen LogP contribution in [-0.4, -0.2) is 36.1 Å². The van der Waals surface area contributed by atoms with Crippen molar-refractivity contribution >= 4 is 11.3 Å². The number of thiophene rings is 1. The number of hydrogen-bond donors (Lipinski definition) is 1. The molecule has 4 heteroatoms. The van der Waals surface area contributed by atoms with Crippen LogP contribution in [0.1, 0.15) is 17.3 Å². The van der Waals surface area contributed by atoms with Gasteiger partial charge in [-0.05, 0) is 34.5 Å². The molecule has 0 spiro atoms. The van der Waals surface area contributed by atoms with E-state index in [-0.39, 0.29) is 0 Å². The summed E-state index contributed by atoms with van der Waals surface area (Å²) in [6.07, 6.45) is 2.88.